The number of urea groups is 1. The molecule has 0 aromatic heterocycles. The molecule has 1 atom stereocenters. The Kier molecular flexibility index (Phi) is 4.78. The van der Waals surface area contributed by atoms with E-state index in [1.54, 1.807) is 11.8 Å². The van der Waals surface area contributed by atoms with Crippen LogP contribution in [0.5, 0.6) is 0 Å². The minimum atomic E-state index is -0.757. The van der Waals surface area contributed by atoms with Gasteiger partial charge in [-0.25, -0.2) is 4.79 Å². The summed E-state index contributed by atoms with van der Waals surface area (Å²) in [7, 11) is 0. The molecule has 0 radical (unpaired) electrons. The number of hydrogen-bond acceptors (Lipinski definition) is 5. The van der Waals surface area contributed by atoms with Crippen molar-refractivity contribution < 1.29 is 19.5 Å². The van der Waals surface area contributed by atoms with E-state index in [4.69, 9.17) is 0 Å². The monoisotopic (exact) mass is 338 g/mol. The predicted octanol–water partition coefficient (Wildman–Crippen LogP) is -0.624. The van der Waals surface area contributed by atoms with Gasteiger partial charge in [0.15, 0.2) is 0 Å². The van der Waals surface area contributed by atoms with Gasteiger partial charge < -0.3 is 15.3 Å². The number of β-amino-alcohol motifs (C(OH)–C–C–N with tert-alkyl or cyclic N) is 1. The molecule has 3 rings (SSSR count). The first-order valence-corrected chi connectivity index (χ1v) is 8.74. The second-order valence-corrected chi connectivity index (χ2v) is 7.14. The van der Waals surface area contributed by atoms with Crippen LogP contribution in [0.15, 0.2) is 0 Å². The second kappa shape index (κ2) is 6.68. The molecule has 8 nitrogen and oxygen atoms in total. The van der Waals surface area contributed by atoms with E-state index >= 15 is 0 Å². The van der Waals surface area contributed by atoms with Crippen molar-refractivity contribution >= 4 is 17.8 Å². The summed E-state index contributed by atoms with van der Waals surface area (Å²) in [4.78, 5) is 42.0. The Morgan fingerprint density at radius 3 is 2.42 bits per heavy atom. The Hall–Kier alpha value is -1.67. The van der Waals surface area contributed by atoms with Crippen LogP contribution >= 0.6 is 0 Å². The largest absolute Gasteiger partial charge is 0.392 e. The highest BCUT2D eigenvalue weighted by Gasteiger charge is 2.52. The third kappa shape index (κ3) is 3.25. The molecule has 1 spiro atoms. The standard InChI is InChI=1S/C16H26N4O4/c1-12(21)10-18-6-8-19(9-7-18)13(22)11-20-14(23)16(17-15(20)24)4-2-3-5-16/h12,21H,2-11H2,1H3,(H,17,24). The smallest absolute Gasteiger partial charge is 0.325 e. The normalized spacial score (nSPS) is 25.4. The lowest BCUT2D eigenvalue weighted by atomic mass is 9.98. The van der Waals surface area contributed by atoms with Crippen molar-refractivity contribution in [3.05, 3.63) is 0 Å². The number of hydrogen-bond donors (Lipinski definition) is 2. The van der Waals surface area contributed by atoms with E-state index in [0.29, 0.717) is 45.6 Å². The molecular weight excluding hydrogens is 312 g/mol. The van der Waals surface area contributed by atoms with Crippen LogP contribution in [-0.2, 0) is 9.59 Å². The van der Waals surface area contributed by atoms with Gasteiger partial charge in [-0.3, -0.25) is 19.4 Å². The number of carbonyl (C=O) groups is 3. The first kappa shape index (κ1) is 17.2. The number of amides is 4. The molecule has 0 aromatic rings. The van der Waals surface area contributed by atoms with Crippen LogP contribution in [0.2, 0.25) is 0 Å². The molecule has 1 saturated carbocycles. The van der Waals surface area contributed by atoms with Crippen molar-refractivity contribution in [1.29, 1.82) is 0 Å². The molecule has 24 heavy (non-hydrogen) atoms. The number of nitrogens with zero attached hydrogens (tertiary/aromatic N) is 3. The van der Waals surface area contributed by atoms with Crippen LogP contribution < -0.4 is 5.32 Å². The molecule has 2 heterocycles. The molecule has 0 bridgehead atoms. The maximum atomic E-state index is 12.6. The second-order valence-electron chi connectivity index (χ2n) is 7.14. The van der Waals surface area contributed by atoms with E-state index < -0.39 is 11.6 Å². The summed E-state index contributed by atoms with van der Waals surface area (Å²) in [5.74, 6) is -0.434. The molecule has 1 unspecified atom stereocenters. The molecule has 8 heteroatoms. The number of aliphatic hydroxyl groups excluding tert-OH is 1. The van der Waals surface area contributed by atoms with Gasteiger partial charge in [0.2, 0.25) is 5.91 Å². The maximum absolute atomic E-state index is 12.6. The topological polar surface area (TPSA) is 93.2 Å². The molecular formula is C16H26N4O4. The zero-order chi connectivity index (χ0) is 17.3. The van der Waals surface area contributed by atoms with Crippen molar-refractivity contribution in [3.8, 4) is 0 Å². The van der Waals surface area contributed by atoms with Crippen LogP contribution in [0.1, 0.15) is 32.6 Å². The predicted molar refractivity (Wildman–Crippen MR) is 86.1 cm³/mol. The fourth-order valence-corrected chi connectivity index (χ4v) is 3.93. The number of rotatable bonds is 4. The molecule has 3 aliphatic rings. The summed E-state index contributed by atoms with van der Waals surface area (Å²) in [6.45, 7) is 4.66. The SMILES string of the molecule is CC(O)CN1CCN(C(=O)CN2C(=O)NC3(CCCC3)C2=O)CC1. The lowest BCUT2D eigenvalue weighted by molar-refractivity contribution is -0.140. The molecule has 3 fully saturated rings. The van der Waals surface area contributed by atoms with Crippen molar-refractivity contribution in [2.45, 2.75) is 44.2 Å². The Morgan fingerprint density at radius 2 is 1.83 bits per heavy atom. The Balaban J connectivity index is 1.54. The molecule has 4 amide bonds. The zero-order valence-electron chi connectivity index (χ0n) is 14.2. The van der Waals surface area contributed by atoms with Gasteiger partial charge in [0.05, 0.1) is 6.10 Å². The summed E-state index contributed by atoms with van der Waals surface area (Å²) in [5.41, 5.74) is -0.757. The molecule has 134 valence electrons. The van der Waals surface area contributed by atoms with Crippen molar-refractivity contribution in [1.82, 2.24) is 20.0 Å². The highest BCUT2D eigenvalue weighted by atomic mass is 16.3. The van der Waals surface area contributed by atoms with E-state index in [-0.39, 0.29) is 24.5 Å². The van der Waals surface area contributed by atoms with E-state index in [1.807, 2.05) is 0 Å². The molecule has 2 aliphatic heterocycles. The van der Waals surface area contributed by atoms with Gasteiger partial charge in [0, 0.05) is 32.7 Å². The fraction of sp³-hybridized carbons (Fsp3) is 0.812. The van der Waals surface area contributed by atoms with E-state index in [9.17, 15) is 19.5 Å². The molecule has 2 N–H and O–H groups in total. The van der Waals surface area contributed by atoms with E-state index in [0.717, 1.165) is 17.7 Å². The lowest BCUT2D eigenvalue weighted by Gasteiger charge is -2.35. The van der Waals surface area contributed by atoms with Crippen LogP contribution in [0, 0.1) is 0 Å². The summed E-state index contributed by atoms with van der Waals surface area (Å²) in [5, 5.41) is 12.2. The first-order chi connectivity index (χ1) is 11.4. The quantitative estimate of drug-likeness (QED) is 0.666. The van der Waals surface area contributed by atoms with Crippen LogP contribution in [-0.4, -0.2) is 88.6 Å². The summed E-state index contributed by atoms with van der Waals surface area (Å²) >= 11 is 0. The Bertz CT molecular complexity index is 522. The van der Waals surface area contributed by atoms with Crippen molar-refractivity contribution in [2.24, 2.45) is 0 Å². The van der Waals surface area contributed by atoms with Gasteiger partial charge in [-0.1, -0.05) is 12.8 Å². The summed E-state index contributed by atoms with van der Waals surface area (Å²) < 4.78 is 0. The van der Waals surface area contributed by atoms with Gasteiger partial charge in [-0.05, 0) is 19.8 Å². The zero-order valence-corrected chi connectivity index (χ0v) is 14.2. The van der Waals surface area contributed by atoms with Crippen LogP contribution in [0.3, 0.4) is 0 Å². The fourth-order valence-electron chi connectivity index (χ4n) is 3.93. The number of aliphatic hydroxyl groups is 1. The molecule has 1 aliphatic carbocycles. The minimum Gasteiger partial charge on any atom is -0.392 e. The van der Waals surface area contributed by atoms with Crippen molar-refractivity contribution in [3.63, 3.8) is 0 Å². The number of nitrogens with one attached hydrogen (secondary N) is 1. The maximum Gasteiger partial charge on any atom is 0.325 e. The van der Waals surface area contributed by atoms with Crippen LogP contribution in [0.25, 0.3) is 0 Å². The number of carbonyl (C=O) groups excluding carboxylic acids is 3. The number of imide groups is 1. The van der Waals surface area contributed by atoms with Gasteiger partial charge in [0.1, 0.15) is 12.1 Å². The average molecular weight is 338 g/mol. The van der Waals surface area contributed by atoms with E-state index in [2.05, 4.69) is 10.2 Å². The lowest BCUT2D eigenvalue weighted by Crippen LogP contribution is -2.53. The summed E-state index contributed by atoms with van der Waals surface area (Å²) in [6.07, 6.45) is 2.80. The molecule has 2 saturated heterocycles. The average Bonchev–Trinajstić information content (AvgIpc) is 3.09. The third-order valence-electron chi connectivity index (χ3n) is 5.24. The van der Waals surface area contributed by atoms with Crippen LogP contribution in [0.4, 0.5) is 4.79 Å². The van der Waals surface area contributed by atoms with Crippen molar-refractivity contribution in [2.75, 3.05) is 39.3 Å². The Labute approximate surface area is 141 Å². The van der Waals surface area contributed by atoms with Gasteiger partial charge in [0.25, 0.3) is 5.91 Å². The minimum absolute atomic E-state index is 0.178. The van der Waals surface area contributed by atoms with Gasteiger partial charge in [-0.15, -0.1) is 0 Å². The summed E-state index contributed by atoms with van der Waals surface area (Å²) in [6, 6.07) is -0.442. The Morgan fingerprint density at radius 1 is 1.21 bits per heavy atom. The van der Waals surface area contributed by atoms with Gasteiger partial charge in [-0.2, -0.15) is 0 Å². The third-order valence-corrected chi connectivity index (χ3v) is 5.24. The highest BCUT2D eigenvalue weighted by molar-refractivity contribution is 6.09. The van der Waals surface area contributed by atoms with E-state index in [1.165, 1.54) is 0 Å². The first-order valence-electron chi connectivity index (χ1n) is 8.74. The van der Waals surface area contributed by atoms with Gasteiger partial charge >= 0.3 is 6.03 Å². The number of piperazine rings is 1. The molecule has 0 aromatic carbocycles. The highest BCUT2D eigenvalue weighted by Crippen LogP contribution is 2.34.